The van der Waals surface area contributed by atoms with Crippen LogP contribution < -0.4 is 9.80 Å². The maximum atomic E-state index is 12.7. The number of likely N-dealkylation sites (N-methyl/N-ethyl adjacent to an activating group) is 1. The molecule has 3 heterocycles. The van der Waals surface area contributed by atoms with Gasteiger partial charge in [-0.15, -0.1) is 0 Å². The molecule has 0 radical (unpaired) electrons. The van der Waals surface area contributed by atoms with Crippen molar-refractivity contribution < 1.29 is 9.59 Å². The molecule has 1 aromatic heterocycles. The van der Waals surface area contributed by atoms with E-state index in [0.717, 1.165) is 17.1 Å². The van der Waals surface area contributed by atoms with Crippen LogP contribution in [-0.2, 0) is 9.59 Å². The molecular formula is C15H17ClN4O2. The van der Waals surface area contributed by atoms with E-state index < -0.39 is 6.04 Å². The number of hydrogen-bond acceptors (Lipinski definition) is 4. The van der Waals surface area contributed by atoms with Crippen LogP contribution in [-0.4, -0.2) is 54.4 Å². The molecule has 2 amide bonds. The second-order valence-electron chi connectivity index (χ2n) is 5.50. The van der Waals surface area contributed by atoms with Crippen molar-refractivity contribution in [3.05, 3.63) is 29.4 Å². The molecule has 0 N–H and O–H groups in total. The van der Waals surface area contributed by atoms with Crippen LogP contribution in [0, 0.1) is 6.92 Å². The summed E-state index contributed by atoms with van der Waals surface area (Å²) in [6.07, 6.45) is 2.89. The van der Waals surface area contributed by atoms with Gasteiger partial charge in [0.2, 0.25) is 5.91 Å². The van der Waals surface area contributed by atoms with E-state index in [9.17, 15) is 9.59 Å². The SMILES string of the molecule is C=CC(=O)N1CCN2c3ncc(Cl)c(C)c3N(C)C(=O)[C@H]2C1. The van der Waals surface area contributed by atoms with Crippen molar-refractivity contribution >= 4 is 34.9 Å². The number of fused-ring (bicyclic) bond motifs is 3. The van der Waals surface area contributed by atoms with Crippen LogP contribution in [0.25, 0.3) is 0 Å². The fourth-order valence-electron chi connectivity index (χ4n) is 3.08. The first-order chi connectivity index (χ1) is 10.5. The monoisotopic (exact) mass is 320 g/mol. The number of carbonyl (C=O) groups is 2. The molecule has 1 saturated heterocycles. The molecule has 0 saturated carbocycles. The summed E-state index contributed by atoms with van der Waals surface area (Å²) >= 11 is 6.13. The summed E-state index contributed by atoms with van der Waals surface area (Å²) in [6.45, 7) is 6.83. The standard InChI is InChI=1S/C15H17ClN4O2/c1-4-12(21)19-5-6-20-11(8-19)15(22)18(3)13-9(2)10(16)7-17-14(13)20/h4,7,11H,1,5-6,8H2,2-3H3/t11-/m1/s1. The van der Waals surface area contributed by atoms with Gasteiger partial charge < -0.3 is 14.7 Å². The lowest BCUT2D eigenvalue weighted by atomic mass is 10.0. The largest absolute Gasteiger partial charge is 0.339 e. The average molecular weight is 321 g/mol. The zero-order valence-corrected chi connectivity index (χ0v) is 13.3. The molecule has 22 heavy (non-hydrogen) atoms. The Morgan fingerprint density at radius 3 is 2.91 bits per heavy atom. The number of carbonyl (C=O) groups excluding carboxylic acids is 2. The van der Waals surface area contributed by atoms with Crippen molar-refractivity contribution in [2.24, 2.45) is 0 Å². The molecule has 1 atom stereocenters. The van der Waals surface area contributed by atoms with Crippen LogP contribution >= 0.6 is 11.6 Å². The maximum Gasteiger partial charge on any atom is 0.251 e. The van der Waals surface area contributed by atoms with Gasteiger partial charge in [-0.3, -0.25) is 9.59 Å². The Labute approximate surface area is 134 Å². The van der Waals surface area contributed by atoms with E-state index in [1.165, 1.54) is 6.08 Å². The number of rotatable bonds is 1. The molecule has 116 valence electrons. The van der Waals surface area contributed by atoms with Gasteiger partial charge in [0, 0.05) is 26.3 Å². The van der Waals surface area contributed by atoms with Crippen molar-refractivity contribution in [2.75, 3.05) is 36.5 Å². The minimum Gasteiger partial charge on any atom is -0.339 e. The van der Waals surface area contributed by atoms with Gasteiger partial charge in [-0.05, 0) is 18.6 Å². The third-order valence-corrected chi connectivity index (χ3v) is 4.70. The lowest BCUT2D eigenvalue weighted by Gasteiger charge is -2.46. The first-order valence-electron chi connectivity index (χ1n) is 7.06. The minimum absolute atomic E-state index is 0.0544. The highest BCUT2D eigenvalue weighted by Gasteiger charge is 2.42. The highest BCUT2D eigenvalue weighted by atomic mass is 35.5. The fraction of sp³-hybridized carbons (Fsp3) is 0.400. The molecule has 3 rings (SSSR count). The lowest BCUT2D eigenvalue weighted by molar-refractivity contribution is -0.128. The van der Waals surface area contributed by atoms with Crippen molar-refractivity contribution in [2.45, 2.75) is 13.0 Å². The predicted octanol–water partition coefficient (Wildman–Crippen LogP) is 1.22. The molecule has 7 heteroatoms. The molecule has 0 bridgehead atoms. The number of anilines is 2. The Morgan fingerprint density at radius 2 is 2.23 bits per heavy atom. The molecular weight excluding hydrogens is 304 g/mol. The van der Waals surface area contributed by atoms with Gasteiger partial charge >= 0.3 is 0 Å². The topological polar surface area (TPSA) is 56.8 Å². The second-order valence-corrected chi connectivity index (χ2v) is 5.91. The van der Waals surface area contributed by atoms with Gasteiger partial charge in [0.25, 0.3) is 5.91 Å². The van der Waals surface area contributed by atoms with E-state index in [1.54, 1.807) is 23.0 Å². The predicted molar refractivity (Wildman–Crippen MR) is 85.3 cm³/mol. The smallest absolute Gasteiger partial charge is 0.251 e. The van der Waals surface area contributed by atoms with Gasteiger partial charge in [0.1, 0.15) is 6.04 Å². The van der Waals surface area contributed by atoms with Gasteiger partial charge in [-0.2, -0.15) is 0 Å². The molecule has 1 aromatic rings. The maximum absolute atomic E-state index is 12.7. The number of halogens is 1. The van der Waals surface area contributed by atoms with Crippen molar-refractivity contribution in [3.8, 4) is 0 Å². The first-order valence-corrected chi connectivity index (χ1v) is 7.44. The van der Waals surface area contributed by atoms with E-state index in [1.807, 2.05) is 11.8 Å². The number of nitrogens with zero attached hydrogens (tertiary/aromatic N) is 4. The minimum atomic E-state index is -0.414. The zero-order chi connectivity index (χ0) is 16.0. The summed E-state index contributed by atoms with van der Waals surface area (Å²) in [5.41, 5.74) is 1.59. The van der Waals surface area contributed by atoms with Crippen LogP contribution in [0.2, 0.25) is 5.02 Å². The molecule has 0 unspecified atom stereocenters. The summed E-state index contributed by atoms with van der Waals surface area (Å²) in [5, 5.41) is 0.539. The lowest BCUT2D eigenvalue weighted by Crippen LogP contribution is -2.63. The van der Waals surface area contributed by atoms with E-state index in [4.69, 9.17) is 11.6 Å². The molecule has 2 aliphatic heterocycles. The number of amides is 2. The Hall–Kier alpha value is -2.08. The number of piperazine rings is 1. The second kappa shape index (κ2) is 5.28. The van der Waals surface area contributed by atoms with Crippen LogP contribution in [0.15, 0.2) is 18.9 Å². The van der Waals surface area contributed by atoms with Crippen LogP contribution in [0.3, 0.4) is 0 Å². The van der Waals surface area contributed by atoms with Crippen molar-refractivity contribution in [3.63, 3.8) is 0 Å². The van der Waals surface area contributed by atoms with Gasteiger partial charge in [0.15, 0.2) is 5.82 Å². The molecule has 0 spiro atoms. The molecule has 2 aliphatic rings. The number of pyridine rings is 1. The van der Waals surface area contributed by atoms with Crippen LogP contribution in [0.4, 0.5) is 11.5 Å². The number of aromatic nitrogens is 1. The van der Waals surface area contributed by atoms with E-state index in [2.05, 4.69) is 11.6 Å². The van der Waals surface area contributed by atoms with Crippen molar-refractivity contribution in [1.29, 1.82) is 0 Å². The summed E-state index contributed by atoms with van der Waals surface area (Å²) in [7, 11) is 1.72. The summed E-state index contributed by atoms with van der Waals surface area (Å²) in [5.74, 6) is 0.544. The van der Waals surface area contributed by atoms with Gasteiger partial charge in [0.05, 0.1) is 17.3 Å². The highest BCUT2D eigenvalue weighted by molar-refractivity contribution is 6.32. The molecule has 1 fully saturated rings. The Balaban J connectivity index is 2.02. The summed E-state index contributed by atoms with van der Waals surface area (Å²) < 4.78 is 0. The Morgan fingerprint density at radius 1 is 1.50 bits per heavy atom. The molecule has 0 aliphatic carbocycles. The average Bonchev–Trinajstić information content (AvgIpc) is 2.54. The van der Waals surface area contributed by atoms with E-state index in [0.29, 0.717) is 24.7 Å². The molecule has 0 aromatic carbocycles. The first kappa shape index (κ1) is 14.8. The van der Waals surface area contributed by atoms with E-state index in [-0.39, 0.29) is 11.8 Å². The third-order valence-electron chi connectivity index (χ3n) is 4.32. The third kappa shape index (κ3) is 2.06. The summed E-state index contributed by atoms with van der Waals surface area (Å²) in [6, 6.07) is -0.414. The van der Waals surface area contributed by atoms with Crippen LogP contribution in [0.5, 0.6) is 0 Å². The molecule has 6 nitrogen and oxygen atoms in total. The van der Waals surface area contributed by atoms with Gasteiger partial charge in [-0.25, -0.2) is 4.98 Å². The zero-order valence-electron chi connectivity index (χ0n) is 12.5. The Kier molecular flexibility index (Phi) is 3.56. The quantitative estimate of drug-likeness (QED) is 0.730. The highest BCUT2D eigenvalue weighted by Crippen LogP contribution is 2.39. The Bertz CT molecular complexity index is 676. The summed E-state index contributed by atoms with van der Waals surface area (Å²) in [4.78, 5) is 34.1. The normalized spacial score (nSPS) is 20.6. The van der Waals surface area contributed by atoms with Gasteiger partial charge in [-0.1, -0.05) is 18.2 Å². The van der Waals surface area contributed by atoms with Crippen LogP contribution in [0.1, 0.15) is 5.56 Å². The fourth-order valence-corrected chi connectivity index (χ4v) is 3.22. The van der Waals surface area contributed by atoms with Crippen molar-refractivity contribution in [1.82, 2.24) is 9.88 Å². The van der Waals surface area contributed by atoms with E-state index >= 15 is 0 Å². The number of hydrogen-bond donors (Lipinski definition) is 0.